The fraction of sp³-hybridized carbons (Fsp3) is 0.529. The van der Waals surface area contributed by atoms with Gasteiger partial charge in [-0.2, -0.15) is 5.10 Å². The summed E-state index contributed by atoms with van der Waals surface area (Å²) in [6, 6.07) is 10.6. The lowest BCUT2D eigenvalue weighted by Crippen LogP contribution is -2.39. The first-order chi connectivity index (χ1) is 10.1. The zero-order valence-corrected chi connectivity index (χ0v) is 13.3. The highest BCUT2D eigenvalue weighted by atomic mass is 15.3. The first-order valence-corrected chi connectivity index (χ1v) is 7.76. The number of aromatic nitrogens is 3. The largest absolute Gasteiger partial charge is 0.305 e. The van der Waals surface area contributed by atoms with Crippen molar-refractivity contribution in [3.8, 4) is 0 Å². The second-order valence-electron chi connectivity index (χ2n) is 6.12. The van der Waals surface area contributed by atoms with Gasteiger partial charge >= 0.3 is 0 Å². The van der Waals surface area contributed by atoms with Gasteiger partial charge in [0, 0.05) is 12.1 Å². The fourth-order valence-corrected chi connectivity index (χ4v) is 2.33. The van der Waals surface area contributed by atoms with Crippen molar-refractivity contribution in [1.29, 1.82) is 0 Å². The van der Waals surface area contributed by atoms with Crippen LogP contribution in [0.2, 0.25) is 0 Å². The van der Waals surface area contributed by atoms with E-state index in [1.54, 1.807) is 6.33 Å². The molecule has 4 heteroatoms. The molecule has 0 unspecified atom stereocenters. The van der Waals surface area contributed by atoms with Crippen molar-refractivity contribution in [1.82, 2.24) is 20.1 Å². The molecule has 0 radical (unpaired) electrons. The van der Waals surface area contributed by atoms with Crippen LogP contribution in [0.15, 0.2) is 36.7 Å². The quantitative estimate of drug-likeness (QED) is 0.810. The van der Waals surface area contributed by atoms with Crippen LogP contribution in [0.5, 0.6) is 0 Å². The number of rotatable bonds is 8. The Morgan fingerprint density at radius 1 is 1.19 bits per heavy atom. The molecule has 0 aliphatic carbocycles. The van der Waals surface area contributed by atoms with Gasteiger partial charge in [0.25, 0.3) is 0 Å². The third-order valence-electron chi connectivity index (χ3n) is 3.74. The van der Waals surface area contributed by atoms with E-state index in [2.05, 4.69) is 66.5 Å². The van der Waals surface area contributed by atoms with Crippen molar-refractivity contribution in [2.75, 3.05) is 0 Å². The Bertz CT molecular complexity index is 531. The van der Waals surface area contributed by atoms with Crippen molar-refractivity contribution in [2.24, 2.45) is 0 Å². The van der Waals surface area contributed by atoms with Crippen molar-refractivity contribution in [3.05, 3.63) is 48.0 Å². The third kappa shape index (κ3) is 4.97. The minimum absolute atomic E-state index is 0.0822. The number of aryl methyl sites for hydroxylation is 2. The van der Waals surface area contributed by atoms with Crippen LogP contribution in [0, 0.1) is 0 Å². The molecule has 0 atom stereocenters. The number of benzene rings is 1. The van der Waals surface area contributed by atoms with Crippen molar-refractivity contribution in [2.45, 2.75) is 58.7 Å². The predicted molar refractivity (Wildman–Crippen MR) is 86.0 cm³/mol. The highest BCUT2D eigenvalue weighted by Gasteiger charge is 2.18. The van der Waals surface area contributed by atoms with Crippen LogP contribution in [0.3, 0.4) is 0 Å². The summed E-state index contributed by atoms with van der Waals surface area (Å²) in [4.78, 5) is 4.35. The van der Waals surface area contributed by atoms with Gasteiger partial charge < -0.3 is 5.32 Å². The van der Waals surface area contributed by atoms with E-state index in [-0.39, 0.29) is 5.54 Å². The molecular weight excluding hydrogens is 260 g/mol. The Balaban J connectivity index is 1.84. The van der Waals surface area contributed by atoms with E-state index in [0.29, 0.717) is 0 Å². The first kappa shape index (κ1) is 15.7. The van der Waals surface area contributed by atoms with E-state index in [4.69, 9.17) is 0 Å². The molecule has 2 rings (SSSR count). The molecule has 0 aliphatic heterocycles. The lowest BCUT2D eigenvalue weighted by molar-refractivity contribution is 0.351. The van der Waals surface area contributed by atoms with E-state index >= 15 is 0 Å². The zero-order valence-electron chi connectivity index (χ0n) is 13.3. The number of nitrogens with one attached hydrogen (secondary N) is 1. The maximum atomic E-state index is 4.35. The molecule has 1 N–H and O–H groups in total. The second kappa shape index (κ2) is 7.36. The van der Waals surface area contributed by atoms with E-state index in [9.17, 15) is 0 Å². The molecule has 0 fully saturated rings. The first-order valence-electron chi connectivity index (χ1n) is 7.76. The van der Waals surface area contributed by atoms with Gasteiger partial charge in [-0.15, -0.1) is 0 Å². The molecule has 0 saturated heterocycles. The smallest absolute Gasteiger partial charge is 0.140 e. The van der Waals surface area contributed by atoms with Gasteiger partial charge in [-0.1, -0.05) is 37.3 Å². The molecule has 21 heavy (non-hydrogen) atoms. The van der Waals surface area contributed by atoms with Gasteiger partial charge in [-0.25, -0.2) is 9.67 Å². The molecule has 114 valence electrons. The standard InChI is InChI=1S/C17H26N4/c1-4-12-21-16(18-14-20-21)13-19-17(2,3)11-10-15-8-6-5-7-9-15/h5-9,14,19H,4,10-13H2,1-3H3. The number of hydrogen-bond donors (Lipinski definition) is 1. The van der Waals surface area contributed by atoms with Gasteiger partial charge in [-0.3, -0.25) is 0 Å². The highest BCUT2D eigenvalue weighted by molar-refractivity contribution is 5.15. The second-order valence-corrected chi connectivity index (χ2v) is 6.12. The summed E-state index contributed by atoms with van der Waals surface area (Å²) in [5.41, 5.74) is 1.47. The zero-order chi connectivity index (χ0) is 15.1. The van der Waals surface area contributed by atoms with Crippen molar-refractivity contribution in [3.63, 3.8) is 0 Å². The summed E-state index contributed by atoms with van der Waals surface area (Å²) in [6.07, 6.45) is 4.90. The normalized spacial score (nSPS) is 11.8. The minimum atomic E-state index is 0.0822. The Morgan fingerprint density at radius 3 is 2.67 bits per heavy atom. The SMILES string of the molecule is CCCn1ncnc1CNC(C)(C)CCc1ccccc1. The van der Waals surface area contributed by atoms with Crippen LogP contribution in [0.25, 0.3) is 0 Å². The Morgan fingerprint density at radius 2 is 1.95 bits per heavy atom. The van der Waals surface area contributed by atoms with Crippen LogP contribution in [0.1, 0.15) is 45.0 Å². The maximum Gasteiger partial charge on any atom is 0.140 e. The fourth-order valence-electron chi connectivity index (χ4n) is 2.33. The molecule has 0 aliphatic rings. The average Bonchev–Trinajstić information content (AvgIpc) is 2.92. The third-order valence-corrected chi connectivity index (χ3v) is 3.74. The summed E-state index contributed by atoms with van der Waals surface area (Å²) in [6.45, 7) is 8.35. The summed E-state index contributed by atoms with van der Waals surface area (Å²) < 4.78 is 1.99. The van der Waals surface area contributed by atoms with Gasteiger partial charge in [0.15, 0.2) is 0 Å². The van der Waals surface area contributed by atoms with Gasteiger partial charge in [0.1, 0.15) is 12.2 Å². The Hall–Kier alpha value is -1.68. The molecule has 1 heterocycles. The van der Waals surface area contributed by atoms with Gasteiger partial charge in [-0.05, 0) is 38.7 Å². The van der Waals surface area contributed by atoms with Gasteiger partial charge in [0.05, 0.1) is 6.54 Å². The van der Waals surface area contributed by atoms with Crippen molar-refractivity contribution < 1.29 is 0 Å². The summed E-state index contributed by atoms with van der Waals surface area (Å²) in [5.74, 6) is 1.02. The van der Waals surface area contributed by atoms with E-state index in [1.165, 1.54) is 5.56 Å². The molecule has 4 nitrogen and oxygen atoms in total. The lowest BCUT2D eigenvalue weighted by atomic mass is 9.95. The van der Waals surface area contributed by atoms with Crippen LogP contribution in [-0.4, -0.2) is 20.3 Å². The number of hydrogen-bond acceptors (Lipinski definition) is 3. The molecular formula is C17H26N4. The van der Waals surface area contributed by atoms with Crippen LogP contribution < -0.4 is 5.32 Å². The average molecular weight is 286 g/mol. The molecule has 2 aromatic rings. The summed E-state index contributed by atoms with van der Waals surface area (Å²) in [7, 11) is 0. The Kier molecular flexibility index (Phi) is 5.51. The molecule has 0 amide bonds. The van der Waals surface area contributed by atoms with E-state index in [0.717, 1.165) is 38.2 Å². The van der Waals surface area contributed by atoms with Crippen molar-refractivity contribution >= 4 is 0 Å². The molecule has 0 saturated carbocycles. The van der Waals surface area contributed by atoms with E-state index in [1.807, 2.05) is 4.68 Å². The Labute approximate surface area is 127 Å². The molecule has 1 aromatic heterocycles. The van der Waals surface area contributed by atoms with Crippen LogP contribution >= 0.6 is 0 Å². The minimum Gasteiger partial charge on any atom is -0.305 e. The summed E-state index contributed by atoms with van der Waals surface area (Å²) >= 11 is 0. The molecule has 0 spiro atoms. The predicted octanol–water partition coefficient (Wildman–Crippen LogP) is 3.19. The summed E-state index contributed by atoms with van der Waals surface area (Å²) in [5, 5.41) is 7.87. The van der Waals surface area contributed by atoms with Gasteiger partial charge in [0.2, 0.25) is 0 Å². The lowest BCUT2D eigenvalue weighted by Gasteiger charge is -2.26. The van der Waals surface area contributed by atoms with E-state index < -0.39 is 0 Å². The monoisotopic (exact) mass is 286 g/mol. The number of nitrogens with zero attached hydrogens (tertiary/aromatic N) is 3. The maximum absolute atomic E-state index is 4.35. The molecule has 0 bridgehead atoms. The topological polar surface area (TPSA) is 42.7 Å². The molecule has 1 aromatic carbocycles. The van der Waals surface area contributed by atoms with Crippen LogP contribution in [0.4, 0.5) is 0 Å². The highest BCUT2D eigenvalue weighted by Crippen LogP contribution is 2.14. The van der Waals surface area contributed by atoms with Crippen LogP contribution in [-0.2, 0) is 19.5 Å².